The predicted molar refractivity (Wildman–Crippen MR) is 104 cm³/mol. The maximum atomic E-state index is 12.7. The number of hydrogen-bond acceptors (Lipinski definition) is 4. The number of halogens is 1. The summed E-state index contributed by atoms with van der Waals surface area (Å²) in [5, 5.41) is 4.04. The highest BCUT2D eigenvalue weighted by atomic mass is 79.9. The molecule has 1 aromatic heterocycles. The Bertz CT molecular complexity index is 766. The van der Waals surface area contributed by atoms with E-state index in [0.29, 0.717) is 24.6 Å². The Kier molecular flexibility index (Phi) is 5.80. The van der Waals surface area contributed by atoms with Crippen LogP contribution in [0.1, 0.15) is 69.8 Å². The van der Waals surface area contributed by atoms with Crippen LogP contribution in [0, 0.1) is 0 Å². The zero-order chi connectivity index (χ0) is 18.7. The Morgan fingerprint density at radius 2 is 2.19 bits per heavy atom. The molecule has 0 radical (unpaired) electrons. The molecule has 1 amide bonds. The van der Waals surface area contributed by atoms with Crippen molar-refractivity contribution in [2.75, 3.05) is 6.54 Å². The van der Waals surface area contributed by atoms with Gasteiger partial charge in [-0.15, -0.1) is 0 Å². The number of carbonyl (C=O) groups excluding carboxylic acids is 1. The highest BCUT2D eigenvalue weighted by Gasteiger charge is 2.29. The van der Waals surface area contributed by atoms with Gasteiger partial charge in [0.15, 0.2) is 5.82 Å². The summed E-state index contributed by atoms with van der Waals surface area (Å²) < 4.78 is 6.37. The molecule has 0 spiro atoms. The van der Waals surface area contributed by atoms with E-state index in [9.17, 15) is 4.79 Å². The molecule has 0 aliphatic carbocycles. The van der Waals surface area contributed by atoms with Crippen LogP contribution in [0.5, 0.6) is 0 Å². The first-order chi connectivity index (χ1) is 12.3. The number of nitrogens with zero attached hydrogens (tertiary/aromatic N) is 3. The molecule has 1 saturated heterocycles. The maximum absolute atomic E-state index is 12.7. The molecule has 140 valence electrons. The Labute approximate surface area is 163 Å². The highest BCUT2D eigenvalue weighted by molar-refractivity contribution is 9.10. The lowest BCUT2D eigenvalue weighted by atomic mass is 9.96. The van der Waals surface area contributed by atoms with Crippen molar-refractivity contribution in [1.82, 2.24) is 15.0 Å². The zero-order valence-corrected chi connectivity index (χ0v) is 17.3. The fraction of sp³-hybridized carbons (Fsp3) is 0.550. The average Bonchev–Trinajstić information content (AvgIpc) is 3.23. The zero-order valence-electron chi connectivity index (χ0n) is 15.7. The lowest BCUT2D eigenvalue weighted by molar-refractivity contribution is -0.132. The molecule has 1 unspecified atom stereocenters. The van der Waals surface area contributed by atoms with Gasteiger partial charge >= 0.3 is 0 Å². The second-order valence-electron chi connectivity index (χ2n) is 7.92. The fourth-order valence-electron chi connectivity index (χ4n) is 3.32. The van der Waals surface area contributed by atoms with Crippen molar-refractivity contribution >= 4 is 21.8 Å². The van der Waals surface area contributed by atoms with E-state index >= 15 is 0 Å². The molecular formula is C20H26BrN3O2. The normalized spacial score (nSPS) is 17.7. The van der Waals surface area contributed by atoms with Crippen molar-refractivity contribution in [1.29, 1.82) is 0 Å². The molecule has 2 heterocycles. The lowest BCUT2D eigenvalue weighted by Gasteiger charge is -2.25. The van der Waals surface area contributed by atoms with Gasteiger partial charge in [0.1, 0.15) is 0 Å². The van der Waals surface area contributed by atoms with Gasteiger partial charge in [-0.1, -0.05) is 54.0 Å². The SMILES string of the molecule is CC(C)(C)c1noc(CCCC(=O)N2CCCC2c2cccc(Br)c2)n1. The van der Waals surface area contributed by atoms with Gasteiger partial charge in [-0.05, 0) is 37.0 Å². The van der Waals surface area contributed by atoms with Crippen LogP contribution >= 0.6 is 15.9 Å². The monoisotopic (exact) mass is 419 g/mol. The van der Waals surface area contributed by atoms with E-state index in [1.54, 1.807) is 0 Å². The molecule has 1 aromatic carbocycles. The number of aromatic nitrogens is 2. The third-order valence-corrected chi connectivity index (χ3v) is 5.22. The minimum Gasteiger partial charge on any atom is -0.339 e. The van der Waals surface area contributed by atoms with Gasteiger partial charge in [-0.3, -0.25) is 4.79 Å². The van der Waals surface area contributed by atoms with Crippen molar-refractivity contribution in [3.05, 3.63) is 46.0 Å². The molecule has 0 bridgehead atoms. The highest BCUT2D eigenvalue weighted by Crippen LogP contribution is 2.33. The number of rotatable bonds is 5. The molecular weight excluding hydrogens is 394 g/mol. The first-order valence-electron chi connectivity index (χ1n) is 9.22. The molecule has 1 fully saturated rings. The number of amides is 1. The van der Waals surface area contributed by atoms with Gasteiger partial charge in [-0.25, -0.2) is 0 Å². The van der Waals surface area contributed by atoms with Crippen LogP contribution in [0.25, 0.3) is 0 Å². The molecule has 0 N–H and O–H groups in total. The molecule has 3 rings (SSSR count). The van der Waals surface area contributed by atoms with Crippen molar-refractivity contribution in [2.24, 2.45) is 0 Å². The molecule has 6 heteroatoms. The van der Waals surface area contributed by atoms with Crippen molar-refractivity contribution in [2.45, 2.75) is 64.3 Å². The molecule has 1 atom stereocenters. The third kappa shape index (κ3) is 4.53. The van der Waals surface area contributed by atoms with Crippen LogP contribution in [-0.2, 0) is 16.6 Å². The van der Waals surface area contributed by atoms with E-state index in [-0.39, 0.29) is 17.4 Å². The molecule has 2 aromatic rings. The maximum Gasteiger partial charge on any atom is 0.226 e. The Morgan fingerprint density at radius 3 is 2.88 bits per heavy atom. The van der Waals surface area contributed by atoms with Crippen LogP contribution in [0.2, 0.25) is 0 Å². The van der Waals surface area contributed by atoms with E-state index in [2.05, 4.69) is 59.0 Å². The second kappa shape index (κ2) is 7.91. The number of benzene rings is 1. The van der Waals surface area contributed by atoms with Crippen LogP contribution < -0.4 is 0 Å². The van der Waals surface area contributed by atoms with Gasteiger partial charge < -0.3 is 9.42 Å². The second-order valence-corrected chi connectivity index (χ2v) is 8.83. The number of carbonyl (C=O) groups is 1. The quantitative estimate of drug-likeness (QED) is 0.696. The van der Waals surface area contributed by atoms with Crippen LogP contribution in [0.3, 0.4) is 0 Å². The minimum atomic E-state index is -0.121. The standard InChI is InChI=1S/C20H26BrN3O2/c1-20(2,3)19-22-17(26-23-19)10-5-11-18(25)24-12-6-9-16(24)14-7-4-8-15(21)13-14/h4,7-8,13,16H,5-6,9-12H2,1-3H3. The summed E-state index contributed by atoms with van der Waals surface area (Å²) in [6.45, 7) is 7.01. The van der Waals surface area contributed by atoms with Gasteiger partial charge in [-0.2, -0.15) is 4.98 Å². The largest absolute Gasteiger partial charge is 0.339 e. The summed E-state index contributed by atoms with van der Waals surface area (Å²) in [5.41, 5.74) is 1.08. The summed E-state index contributed by atoms with van der Waals surface area (Å²) in [6.07, 6.45) is 3.97. The van der Waals surface area contributed by atoms with E-state index in [1.807, 2.05) is 17.0 Å². The first kappa shape index (κ1) is 19.1. The van der Waals surface area contributed by atoms with E-state index in [4.69, 9.17) is 4.52 Å². The third-order valence-electron chi connectivity index (χ3n) is 4.73. The summed E-state index contributed by atoms with van der Waals surface area (Å²) in [4.78, 5) is 19.2. The first-order valence-corrected chi connectivity index (χ1v) is 10.0. The Morgan fingerprint density at radius 1 is 1.38 bits per heavy atom. The average molecular weight is 420 g/mol. The molecule has 1 aliphatic heterocycles. The summed E-state index contributed by atoms with van der Waals surface area (Å²) >= 11 is 3.52. The van der Waals surface area contributed by atoms with E-state index < -0.39 is 0 Å². The van der Waals surface area contributed by atoms with Crippen molar-refractivity contribution < 1.29 is 9.32 Å². The van der Waals surface area contributed by atoms with E-state index in [0.717, 1.165) is 30.3 Å². The molecule has 0 saturated carbocycles. The topological polar surface area (TPSA) is 59.2 Å². The lowest BCUT2D eigenvalue weighted by Crippen LogP contribution is -2.30. The van der Waals surface area contributed by atoms with Crippen LogP contribution in [-0.4, -0.2) is 27.5 Å². The fourth-order valence-corrected chi connectivity index (χ4v) is 3.74. The summed E-state index contributed by atoms with van der Waals surface area (Å²) in [7, 11) is 0. The number of likely N-dealkylation sites (tertiary alicyclic amines) is 1. The predicted octanol–water partition coefficient (Wildman–Crippen LogP) is 4.82. The molecule has 5 nitrogen and oxygen atoms in total. The number of hydrogen-bond donors (Lipinski definition) is 0. The summed E-state index contributed by atoms with van der Waals surface area (Å²) in [6, 6.07) is 8.45. The smallest absolute Gasteiger partial charge is 0.226 e. The van der Waals surface area contributed by atoms with Gasteiger partial charge in [0.25, 0.3) is 0 Å². The summed E-state index contributed by atoms with van der Waals surface area (Å²) in [5.74, 6) is 1.55. The van der Waals surface area contributed by atoms with Crippen molar-refractivity contribution in [3.63, 3.8) is 0 Å². The van der Waals surface area contributed by atoms with Gasteiger partial charge in [0, 0.05) is 29.3 Å². The van der Waals surface area contributed by atoms with Crippen LogP contribution in [0.4, 0.5) is 0 Å². The molecule has 1 aliphatic rings. The molecule has 26 heavy (non-hydrogen) atoms. The van der Waals surface area contributed by atoms with Crippen LogP contribution in [0.15, 0.2) is 33.3 Å². The minimum absolute atomic E-state index is 0.121. The van der Waals surface area contributed by atoms with E-state index in [1.165, 1.54) is 5.56 Å². The van der Waals surface area contributed by atoms with Gasteiger partial charge in [0.2, 0.25) is 11.8 Å². The van der Waals surface area contributed by atoms with Crippen molar-refractivity contribution in [3.8, 4) is 0 Å². The number of aryl methyl sites for hydroxylation is 1. The van der Waals surface area contributed by atoms with Gasteiger partial charge in [0.05, 0.1) is 6.04 Å². The Balaban J connectivity index is 1.55. The Hall–Kier alpha value is -1.69.